The fourth-order valence-electron chi connectivity index (χ4n) is 4.33. The summed E-state index contributed by atoms with van der Waals surface area (Å²) in [6, 6.07) is 14.2. The van der Waals surface area contributed by atoms with Crippen molar-refractivity contribution >= 4 is 11.9 Å². The zero-order valence-corrected chi connectivity index (χ0v) is 19.9. The zero-order valence-electron chi connectivity index (χ0n) is 19.9. The summed E-state index contributed by atoms with van der Waals surface area (Å²) in [5.41, 5.74) is 1.38. The molecule has 0 amide bonds. The highest BCUT2D eigenvalue weighted by Gasteiger charge is 2.40. The first kappa shape index (κ1) is 24.7. The Bertz CT molecular complexity index is 1100. The monoisotopic (exact) mass is 467 g/mol. The third-order valence-corrected chi connectivity index (χ3v) is 5.89. The molecule has 34 heavy (non-hydrogen) atoms. The third kappa shape index (κ3) is 4.85. The zero-order chi connectivity index (χ0) is 25.0. The molecule has 0 aromatic heterocycles. The van der Waals surface area contributed by atoms with Crippen LogP contribution < -0.4 is 14.2 Å². The lowest BCUT2D eigenvalue weighted by Crippen LogP contribution is -2.39. The number of carboxylic acids is 2. The van der Waals surface area contributed by atoms with Gasteiger partial charge in [-0.2, -0.15) is 0 Å². The van der Waals surface area contributed by atoms with E-state index in [9.17, 15) is 19.8 Å². The average molecular weight is 468 g/mol. The minimum atomic E-state index is -1.19. The van der Waals surface area contributed by atoms with Gasteiger partial charge in [-0.05, 0) is 50.6 Å². The van der Waals surface area contributed by atoms with Gasteiger partial charge in [-0.25, -0.2) is 9.59 Å². The standard InChI is InChI=1S/C26H29NO7/c1-15(34-19-9-7-6-8-10-19)14-27-16(2)22(25(28)29)24(23(17(27)3)26(30)31)18-11-12-20(32-4)21(13-18)33-5/h6-13,15,24H,14H2,1-5H3,(H,28,29)(H,30,31). The minimum absolute atomic E-state index is 0.0119. The van der Waals surface area contributed by atoms with E-state index in [0.29, 0.717) is 34.2 Å². The summed E-state index contributed by atoms with van der Waals surface area (Å²) < 4.78 is 16.6. The molecule has 2 aromatic carbocycles. The van der Waals surface area contributed by atoms with Crippen LogP contribution in [0.2, 0.25) is 0 Å². The van der Waals surface area contributed by atoms with Gasteiger partial charge in [0.1, 0.15) is 11.9 Å². The summed E-state index contributed by atoms with van der Waals surface area (Å²) in [6.07, 6.45) is -0.338. The topological polar surface area (TPSA) is 106 Å². The molecule has 8 nitrogen and oxygen atoms in total. The van der Waals surface area contributed by atoms with Gasteiger partial charge in [-0.15, -0.1) is 0 Å². The predicted molar refractivity (Wildman–Crippen MR) is 126 cm³/mol. The molecule has 3 rings (SSSR count). The Kier molecular flexibility index (Phi) is 7.50. The quantitative estimate of drug-likeness (QED) is 0.563. The van der Waals surface area contributed by atoms with E-state index >= 15 is 0 Å². The Balaban J connectivity index is 2.08. The summed E-state index contributed by atoms with van der Waals surface area (Å²) in [4.78, 5) is 26.6. The molecule has 1 heterocycles. The van der Waals surface area contributed by atoms with Crippen LogP contribution in [-0.4, -0.2) is 53.9 Å². The maximum absolute atomic E-state index is 12.4. The van der Waals surface area contributed by atoms with Gasteiger partial charge >= 0.3 is 11.9 Å². The fraction of sp³-hybridized carbons (Fsp3) is 0.308. The lowest BCUT2D eigenvalue weighted by molar-refractivity contribution is -0.133. The van der Waals surface area contributed by atoms with E-state index in [1.54, 1.807) is 36.9 Å². The number of ether oxygens (including phenoxy) is 3. The smallest absolute Gasteiger partial charge is 0.334 e. The molecule has 0 fully saturated rings. The van der Waals surface area contributed by atoms with Crippen molar-refractivity contribution in [1.82, 2.24) is 4.90 Å². The number of carbonyl (C=O) groups is 2. The second-order valence-corrected chi connectivity index (χ2v) is 8.01. The molecule has 2 N–H and O–H groups in total. The van der Waals surface area contributed by atoms with Crippen LogP contribution in [0.1, 0.15) is 32.3 Å². The van der Waals surface area contributed by atoms with Gasteiger partial charge in [0.2, 0.25) is 0 Å². The highest BCUT2D eigenvalue weighted by molar-refractivity contribution is 5.98. The Labute approximate surface area is 198 Å². The van der Waals surface area contributed by atoms with Crippen molar-refractivity contribution in [2.24, 2.45) is 0 Å². The van der Waals surface area contributed by atoms with Crippen LogP contribution in [0.3, 0.4) is 0 Å². The van der Waals surface area contributed by atoms with Gasteiger partial charge in [0.05, 0.1) is 37.8 Å². The number of hydrogen-bond donors (Lipinski definition) is 2. The predicted octanol–water partition coefficient (Wildman–Crippen LogP) is 4.29. The summed E-state index contributed by atoms with van der Waals surface area (Å²) in [6.45, 7) is 5.51. The van der Waals surface area contributed by atoms with Crippen molar-refractivity contribution in [3.05, 3.63) is 76.6 Å². The van der Waals surface area contributed by atoms with E-state index in [4.69, 9.17) is 14.2 Å². The lowest BCUT2D eigenvalue weighted by Gasteiger charge is -2.38. The summed E-state index contributed by atoms with van der Waals surface area (Å²) in [5.74, 6) is -1.84. The first-order valence-corrected chi connectivity index (χ1v) is 10.8. The number of allylic oxidation sites excluding steroid dienone is 2. The Morgan fingerprint density at radius 3 is 1.97 bits per heavy atom. The normalized spacial score (nSPS) is 15.3. The molecule has 0 spiro atoms. The van der Waals surface area contributed by atoms with Crippen LogP contribution in [-0.2, 0) is 9.59 Å². The number of para-hydroxylation sites is 1. The van der Waals surface area contributed by atoms with E-state index < -0.39 is 17.9 Å². The van der Waals surface area contributed by atoms with Crippen molar-refractivity contribution in [3.63, 3.8) is 0 Å². The van der Waals surface area contributed by atoms with Gasteiger partial charge in [0.25, 0.3) is 0 Å². The second kappa shape index (κ2) is 10.3. The Morgan fingerprint density at radius 2 is 1.47 bits per heavy atom. The van der Waals surface area contributed by atoms with Crippen molar-refractivity contribution in [1.29, 1.82) is 0 Å². The number of aliphatic carboxylic acids is 2. The van der Waals surface area contributed by atoms with Gasteiger partial charge in [0.15, 0.2) is 11.5 Å². The van der Waals surface area contributed by atoms with Crippen LogP contribution in [0.5, 0.6) is 17.2 Å². The van der Waals surface area contributed by atoms with E-state index in [1.807, 2.05) is 37.3 Å². The molecule has 8 heteroatoms. The molecule has 180 valence electrons. The highest BCUT2D eigenvalue weighted by Crippen LogP contribution is 2.44. The molecule has 0 bridgehead atoms. The Morgan fingerprint density at radius 1 is 0.912 bits per heavy atom. The molecule has 0 aliphatic carbocycles. The van der Waals surface area contributed by atoms with Crippen molar-refractivity contribution < 1.29 is 34.0 Å². The number of carboxylic acid groups (broad SMARTS) is 2. The van der Waals surface area contributed by atoms with Crippen molar-refractivity contribution in [3.8, 4) is 17.2 Å². The number of hydrogen-bond acceptors (Lipinski definition) is 6. The molecule has 0 saturated heterocycles. The van der Waals surface area contributed by atoms with Crippen LogP contribution in [0, 0.1) is 0 Å². The van der Waals surface area contributed by atoms with Gasteiger partial charge < -0.3 is 29.3 Å². The van der Waals surface area contributed by atoms with E-state index in [0.717, 1.165) is 0 Å². The van der Waals surface area contributed by atoms with Crippen LogP contribution in [0.25, 0.3) is 0 Å². The Hall–Kier alpha value is -3.94. The van der Waals surface area contributed by atoms with Crippen molar-refractivity contribution in [2.45, 2.75) is 32.8 Å². The SMILES string of the molecule is COc1ccc(C2C(C(=O)O)=C(C)N(CC(C)Oc3ccccc3)C(C)=C2C(=O)O)cc1OC. The summed E-state index contributed by atoms with van der Waals surface area (Å²) in [5, 5.41) is 20.3. The van der Waals surface area contributed by atoms with Gasteiger partial charge in [-0.3, -0.25) is 0 Å². The lowest BCUT2D eigenvalue weighted by atomic mass is 9.79. The van der Waals surface area contributed by atoms with Crippen LogP contribution >= 0.6 is 0 Å². The highest BCUT2D eigenvalue weighted by atomic mass is 16.5. The number of rotatable bonds is 9. The minimum Gasteiger partial charge on any atom is -0.493 e. The molecular weight excluding hydrogens is 438 g/mol. The average Bonchev–Trinajstić information content (AvgIpc) is 2.80. The number of nitrogens with zero attached hydrogens (tertiary/aromatic N) is 1. The number of benzene rings is 2. The maximum atomic E-state index is 12.4. The van der Waals surface area contributed by atoms with Gasteiger partial charge in [0, 0.05) is 11.4 Å². The molecule has 1 unspecified atom stereocenters. The molecule has 0 saturated carbocycles. The van der Waals surface area contributed by atoms with E-state index in [2.05, 4.69) is 0 Å². The van der Waals surface area contributed by atoms with Gasteiger partial charge in [-0.1, -0.05) is 24.3 Å². The molecule has 0 radical (unpaired) electrons. The third-order valence-electron chi connectivity index (χ3n) is 5.89. The molecular formula is C26H29NO7. The van der Waals surface area contributed by atoms with E-state index in [-0.39, 0.29) is 23.8 Å². The summed E-state index contributed by atoms with van der Waals surface area (Å²) in [7, 11) is 2.96. The molecule has 1 atom stereocenters. The molecule has 1 aliphatic heterocycles. The fourth-order valence-corrected chi connectivity index (χ4v) is 4.33. The maximum Gasteiger partial charge on any atom is 0.334 e. The van der Waals surface area contributed by atoms with Crippen LogP contribution in [0.4, 0.5) is 0 Å². The largest absolute Gasteiger partial charge is 0.493 e. The van der Waals surface area contributed by atoms with Crippen LogP contribution in [0.15, 0.2) is 71.1 Å². The summed E-state index contributed by atoms with van der Waals surface area (Å²) >= 11 is 0. The van der Waals surface area contributed by atoms with E-state index in [1.165, 1.54) is 14.2 Å². The first-order chi connectivity index (χ1) is 16.2. The number of methoxy groups -OCH3 is 2. The second-order valence-electron chi connectivity index (χ2n) is 8.01. The van der Waals surface area contributed by atoms with Crippen molar-refractivity contribution in [2.75, 3.05) is 20.8 Å². The molecule has 2 aromatic rings. The molecule has 1 aliphatic rings. The first-order valence-electron chi connectivity index (χ1n) is 10.8.